The fourth-order valence-corrected chi connectivity index (χ4v) is 5.15. The Morgan fingerprint density at radius 3 is 2.37 bits per heavy atom. The number of hydrogen-bond donors (Lipinski definition) is 2. The molecular weight excluding hydrogens is 538 g/mol. The van der Waals surface area contributed by atoms with Crippen LogP contribution in [0.4, 0.5) is 20.5 Å². The first kappa shape index (κ1) is 28.4. The molecule has 0 saturated carbocycles. The molecule has 41 heavy (non-hydrogen) atoms. The summed E-state index contributed by atoms with van der Waals surface area (Å²) in [5, 5.41) is 6.59. The standard InChI is InChI=1S/C28H32F2N6O5/c1-6-22(37)32-18-12-40-13-19(18)34-28-31-9-16-7-17(23-24(29)20(38-4)8-21(39-5)25(23)30)33-27(26(16)35-28)36-10-14(2)41-15(3)11-36/h6-9,14-15,18-19H,1,10-13H2,2-5H3,(H,32,37)(H,31,34,35)/t14?,15?,18-,19+/m0/s1. The molecule has 218 valence electrons. The molecule has 2 unspecified atom stereocenters. The summed E-state index contributed by atoms with van der Waals surface area (Å²) >= 11 is 0. The minimum atomic E-state index is -0.902. The molecule has 2 aliphatic heterocycles. The SMILES string of the molecule is C=CC(=O)N[C@H]1COC[C@H]1Nc1ncc2cc(-c3c(F)c(OC)cc(OC)c3F)nc(N3CC(C)OC(C)C3)c2n1. The molecule has 1 amide bonds. The minimum absolute atomic E-state index is 0.0344. The second-order valence-corrected chi connectivity index (χ2v) is 10.0. The van der Waals surface area contributed by atoms with Crippen molar-refractivity contribution in [3.63, 3.8) is 0 Å². The zero-order chi connectivity index (χ0) is 29.3. The topological polar surface area (TPSA) is 120 Å². The number of methoxy groups -OCH3 is 2. The lowest BCUT2D eigenvalue weighted by molar-refractivity contribution is -0.117. The smallest absolute Gasteiger partial charge is 0.243 e. The molecule has 2 saturated heterocycles. The number of fused-ring (bicyclic) bond motifs is 1. The molecule has 1 aromatic carbocycles. The highest BCUT2D eigenvalue weighted by Crippen LogP contribution is 2.39. The third-order valence-electron chi connectivity index (χ3n) is 7.00. The van der Waals surface area contributed by atoms with Gasteiger partial charge in [-0.15, -0.1) is 0 Å². The Balaban J connectivity index is 1.61. The van der Waals surface area contributed by atoms with Crippen molar-refractivity contribution in [3.8, 4) is 22.8 Å². The van der Waals surface area contributed by atoms with Crippen LogP contribution in [-0.2, 0) is 14.3 Å². The number of nitrogens with zero attached hydrogens (tertiary/aromatic N) is 4. The molecule has 4 heterocycles. The van der Waals surface area contributed by atoms with E-state index in [1.807, 2.05) is 18.7 Å². The third kappa shape index (κ3) is 5.72. The molecule has 0 aliphatic carbocycles. The van der Waals surface area contributed by atoms with Crippen LogP contribution in [0.5, 0.6) is 11.5 Å². The monoisotopic (exact) mass is 570 g/mol. The summed E-state index contributed by atoms with van der Waals surface area (Å²) in [6.07, 6.45) is 2.53. The van der Waals surface area contributed by atoms with Gasteiger partial charge in [0.15, 0.2) is 29.0 Å². The van der Waals surface area contributed by atoms with Crippen molar-refractivity contribution < 1.29 is 32.5 Å². The highest BCUT2D eigenvalue weighted by molar-refractivity contribution is 5.92. The lowest BCUT2D eigenvalue weighted by Crippen LogP contribution is -2.46. The first-order valence-corrected chi connectivity index (χ1v) is 13.2. The number of benzene rings is 1. The van der Waals surface area contributed by atoms with Crippen molar-refractivity contribution >= 4 is 28.6 Å². The zero-order valence-corrected chi connectivity index (χ0v) is 23.2. The van der Waals surface area contributed by atoms with Gasteiger partial charge in [0.1, 0.15) is 5.52 Å². The van der Waals surface area contributed by atoms with E-state index in [9.17, 15) is 4.79 Å². The van der Waals surface area contributed by atoms with Gasteiger partial charge in [0.2, 0.25) is 11.9 Å². The highest BCUT2D eigenvalue weighted by Gasteiger charge is 2.31. The Hall–Kier alpha value is -4.10. The number of rotatable bonds is 8. The van der Waals surface area contributed by atoms with Crippen molar-refractivity contribution in [3.05, 3.63) is 42.6 Å². The summed E-state index contributed by atoms with van der Waals surface area (Å²) in [5.41, 5.74) is 0.130. The molecule has 2 aromatic heterocycles. The lowest BCUT2D eigenvalue weighted by Gasteiger charge is -2.36. The third-order valence-corrected chi connectivity index (χ3v) is 7.00. The zero-order valence-electron chi connectivity index (χ0n) is 23.2. The number of halogens is 2. The number of nitrogens with one attached hydrogen (secondary N) is 2. The van der Waals surface area contributed by atoms with Crippen LogP contribution in [0, 0.1) is 11.6 Å². The van der Waals surface area contributed by atoms with Gasteiger partial charge in [-0.2, -0.15) is 0 Å². The fraction of sp³-hybridized carbons (Fsp3) is 0.429. The van der Waals surface area contributed by atoms with Gasteiger partial charge >= 0.3 is 0 Å². The maximum atomic E-state index is 15.5. The van der Waals surface area contributed by atoms with Gasteiger partial charge in [0, 0.05) is 30.7 Å². The Morgan fingerprint density at radius 1 is 1.07 bits per heavy atom. The fourth-order valence-electron chi connectivity index (χ4n) is 5.15. The lowest BCUT2D eigenvalue weighted by atomic mass is 10.1. The van der Waals surface area contributed by atoms with E-state index < -0.39 is 11.6 Å². The second-order valence-electron chi connectivity index (χ2n) is 10.0. The number of hydrogen-bond acceptors (Lipinski definition) is 10. The molecular formula is C28H32F2N6O5. The first-order valence-electron chi connectivity index (χ1n) is 13.2. The van der Waals surface area contributed by atoms with E-state index in [-0.39, 0.29) is 58.9 Å². The van der Waals surface area contributed by atoms with Crippen molar-refractivity contribution in [1.29, 1.82) is 0 Å². The van der Waals surface area contributed by atoms with E-state index in [1.165, 1.54) is 26.4 Å². The number of aromatic nitrogens is 3. The average Bonchev–Trinajstić information content (AvgIpc) is 3.38. The van der Waals surface area contributed by atoms with E-state index in [2.05, 4.69) is 22.2 Å². The number of anilines is 2. The van der Waals surface area contributed by atoms with E-state index in [1.54, 1.807) is 6.20 Å². The van der Waals surface area contributed by atoms with Gasteiger partial charge < -0.3 is 34.5 Å². The van der Waals surface area contributed by atoms with Crippen molar-refractivity contribution in [2.24, 2.45) is 0 Å². The predicted molar refractivity (Wildman–Crippen MR) is 148 cm³/mol. The van der Waals surface area contributed by atoms with Gasteiger partial charge in [-0.3, -0.25) is 4.79 Å². The van der Waals surface area contributed by atoms with E-state index >= 15 is 8.78 Å². The summed E-state index contributed by atoms with van der Waals surface area (Å²) in [4.78, 5) is 27.8. The second kappa shape index (κ2) is 11.8. The Labute approximate surface area is 235 Å². The number of carbonyl (C=O) groups is 1. The molecule has 0 spiro atoms. The van der Waals surface area contributed by atoms with Gasteiger partial charge in [0.05, 0.1) is 63.0 Å². The average molecular weight is 571 g/mol. The van der Waals surface area contributed by atoms with Crippen molar-refractivity contribution in [2.45, 2.75) is 38.1 Å². The number of carbonyl (C=O) groups excluding carboxylic acids is 1. The largest absolute Gasteiger partial charge is 0.494 e. The van der Waals surface area contributed by atoms with Gasteiger partial charge in [-0.25, -0.2) is 23.7 Å². The molecule has 2 fully saturated rings. The maximum Gasteiger partial charge on any atom is 0.243 e. The van der Waals surface area contributed by atoms with Crippen LogP contribution in [0.15, 0.2) is 31.0 Å². The van der Waals surface area contributed by atoms with Crippen LogP contribution in [0.3, 0.4) is 0 Å². The molecule has 0 bridgehead atoms. The molecule has 13 heteroatoms. The normalized spacial score (nSPS) is 22.4. The summed E-state index contributed by atoms with van der Waals surface area (Å²) in [5.74, 6) is -1.76. The molecule has 5 rings (SSSR count). The van der Waals surface area contributed by atoms with Crippen LogP contribution in [0.25, 0.3) is 22.2 Å². The highest BCUT2D eigenvalue weighted by atomic mass is 19.1. The predicted octanol–water partition coefficient (Wildman–Crippen LogP) is 3.08. The van der Waals surface area contributed by atoms with Gasteiger partial charge in [0.25, 0.3) is 0 Å². The van der Waals surface area contributed by atoms with Crippen LogP contribution < -0.4 is 25.0 Å². The van der Waals surface area contributed by atoms with Crippen LogP contribution in [-0.4, -0.2) is 85.7 Å². The Kier molecular flexibility index (Phi) is 8.18. The maximum absolute atomic E-state index is 15.5. The van der Waals surface area contributed by atoms with Crippen LogP contribution >= 0.6 is 0 Å². The van der Waals surface area contributed by atoms with E-state index in [4.69, 9.17) is 28.9 Å². The first-order chi connectivity index (χ1) is 19.7. The molecule has 2 N–H and O–H groups in total. The molecule has 2 aliphatic rings. The van der Waals surface area contributed by atoms with E-state index in [0.717, 1.165) is 6.07 Å². The quantitative estimate of drug-likeness (QED) is 0.391. The number of morpholine rings is 1. The van der Waals surface area contributed by atoms with Crippen LogP contribution in [0.2, 0.25) is 0 Å². The van der Waals surface area contributed by atoms with E-state index in [0.29, 0.717) is 43.0 Å². The number of ether oxygens (including phenoxy) is 4. The Morgan fingerprint density at radius 2 is 1.73 bits per heavy atom. The van der Waals surface area contributed by atoms with Gasteiger partial charge in [-0.1, -0.05) is 6.58 Å². The Bertz CT molecular complexity index is 1440. The minimum Gasteiger partial charge on any atom is -0.494 e. The summed E-state index contributed by atoms with van der Waals surface area (Å²) in [6.45, 7) is 9.02. The molecule has 3 aromatic rings. The van der Waals surface area contributed by atoms with Crippen LogP contribution in [0.1, 0.15) is 13.8 Å². The summed E-state index contributed by atoms with van der Waals surface area (Å²) < 4.78 is 52.7. The van der Waals surface area contributed by atoms with Crippen molar-refractivity contribution in [1.82, 2.24) is 20.3 Å². The number of pyridine rings is 1. The number of amides is 1. The van der Waals surface area contributed by atoms with Gasteiger partial charge in [-0.05, 0) is 26.0 Å². The molecule has 0 radical (unpaired) electrons. The van der Waals surface area contributed by atoms with Crippen molar-refractivity contribution in [2.75, 3.05) is 50.7 Å². The molecule has 4 atom stereocenters. The summed E-state index contributed by atoms with van der Waals surface area (Å²) in [7, 11) is 2.58. The molecule has 11 nitrogen and oxygen atoms in total. The summed E-state index contributed by atoms with van der Waals surface area (Å²) in [6, 6.07) is 2.08.